The highest BCUT2D eigenvalue weighted by Crippen LogP contribution is 2.22. The van der Waals surface area contributed by atoms with E-state index in [1.54, 1.807) is 0 Å². The molecule has 1 aromatic carbocycles. The Hall–Kier alpha value is -1.50. The van der Waals surface area contributed by atoms with Gasteiger partial charge in [0.05, 0.1) is 0 Å². The first-order valence-corrected chi connectivity index (χ1v) is 5.98. The van der Waals surface area contributed by atoms with Gasteiger partial charge in [0.25, 0.3) is 0 Å². The molecule has 2 rings (SSSR count). The molecule has 1 unspecified atom stereocenters. The molecule has 0 aliphatic carbocycles. The smallest absolute Gasteiger partial charge is 0.0181 e. The molecule has 1 aromatic heterocycles. The van der Waals surface area contributed by atoms with Crippen LogP contribution < -0.4 is 0 Å². The number of hydrogen-bond donors (Lipinski definition) is 1. The van der Waals surface area contributed by atoms with E-state index >= 15 is 0 Å². The monoisotopic (exact) mass is 213 g/mol. The van der Waals surface area contributed by atoms with Crippen molar-refractivity contribution in [3.8, 4) is 0 Å². The van der Waals surface area contributed by atoms with Crippen molar-refractivity contribution < 1.29 is 0 Å². The molecule has 1 atom stereocenters. The van der Waals surface area contributed by atoms with Gasteiger partial charge in [-0.3, -0.25) is 0 Å². The first kappa shape index (κ1) is 11.0. The van der Waals surface area contributed by atoms with Crippen LogP contribution in [0.25, 0.3) is 0 Å². The van der Waals surface area contributed by atoms with Gasteiger partial charge in [-0.2, -0.15) is 0 Å². The molecule has 1 heterocycles. The predicted octanol–water partition coefficient (Wildman–Crippen LogP) is 4.06. The summed E-state index contributed by atoms with van der Waals surface area (Å²) < 4.78 is 0. The van der Waals surface area contributed by atoms with Crippen LogP contribution in [0.3, 0.4) is 0 Å². The predicted molar refractivity (Wildman–Crippen MR) is 68.7 cm³/mol. The number of aromatic amines is 1. The van der Waals surface area contributed by atoms with Gasteiger partial charge >= 0.3 is 0 Å². The molecule has 0 bridgehead atoms. The van der Waals surface area contributed by atoms with Gasteiger partial charge in [0.2, 0.25) is 0 Å². The Kier molecular flexibility index (Phi) is 3.45. The highest BCUT2D eigenvalue weighted by molar-refractivity contribution is 5.24. The van der Waals surface area contributed by atoms with Crippen LogP contribution in [-0.4, -0.2) is 4.98 Å². The van der Waals surface area contributed by atoms with Gasteiger partial charge in [0, 0.05) is 17.8 Å². The van der Waals surface area contributed by atoms with E-state index in [2.05, 4.69) is 55.2 Å². The van der Waals surface area contributed by atoms with Gasteiger partial charge in [-0.1, -0.05) is 36.8 Å². The lowest BCUT2D eigenvalue weighted by atomic mass is 9.93. The third-order valence-electron chi connectivity index (χ3n) is 3.16. The zero-order valence-corrected chi connectivity index (χ0v) is 10.0. The summed E-state index contributed by atoms with van der Waals surface area (Å²) in [6.45, 7) is 4.38. The highest BCUT2D eigenvalue weighted by Gasteiger charge is 2.10. The molecule has 1 heteroatoms. The Bertz CT molecular complexity index is 411. The van der Waals surface area contributed by atoms with Crippen molar-refractivity contribution in [2.24, 2.45) is 0 Å². The summed E-state index contributed by atoms with van der Waals surface area (Å²) in [4.78, 5) is 3.32. The maximum Gasteiger partial charge on any atom is 0.0181 e. The second-order valence-electron chi connectivity index (χ2n) is 4.42. The minimum absolute atomic E-state index is 0.609. The van der Waals surface area contributed by atoms with E-state index in [0.717, 1.165) is 6.42 Å². The van der Waals surface area contributed by atoms with Gasteiger partial charge in [-0.25, -0.2) is 0 Å². The molecule has 1 nitrogen and oxygen atoms in total. The Balaban J connectivity index is 2.10. The van der Waals surface area contributed by atoms with Gasteiger partial charge < -0.3 is 4.98 Å². The summed E-state index contributed by atoms with van der Waals surface area (Å²) in [5.74, 6) is 0.609. The van der Waals surface area contributed by atoms with E-state index in [0.29, 0.717) is 5.92 Å². The van der Waals surface area contributed by atoms with Crippen molar-refractivity contribution in [2.45, 2.75) is 32.6 Å². The quantitative estimate of drug-likeness (QED) is 0.788. The summed E-state index contributed by atoms with van der Waals surface area (Å²) >= 11 is 0. The van der Waals surface area contributed by atoms with Gasteiger partial charge in [-0.05, 0) is 37.5 Å². The van der Waals surface area contributed by atoms with E-state index in [4.69, 9.17) is 0 Å². The molecular weight excluding hydrogens is 194 g/mol. The summed E-state index contributed by atoms with van der Waals surface area (Å²) in [7, 11) is 0. The fraction of sp³-hybridized carbons (Fsp3) is 0.333. The number of rotatable bonds is 4. The Morgan fingerprint density at radius 2 is 1.88 bits per heavy atom. The molecule has 2 aromatic rings. The normalized spacial score (nSPS) is 12.6. The van der Waals surface area contributed by atoms with Crippen LogP contribution in [0.4, 0.5) is 0 Å². The lowest BCUT2D eigenvalue weighted by Crippen LogP contribution is -2.02. The fourth-order valence-electron chi connectivity index (χ4n) is 2.08. The minimum atomic E-state index is 0.609. The lowest BCUT2D eigenvalue weighted by Gasteiger charge is -2.13. The van der Waals surface area contributed by atoms with Crippen LogP contribution in [0, 0.1) is 6.92 Å². The molecule has 0 saturated heterocycles. The lowest BCUT2D eigenvalue weighted by molar-refractivity contribution is 0.644. The van der Waals surface area contributed by atoms with Crippen molar-refractivity contribution in [3.63, 3.8) is 0 Å². The van der Waals surface area contributed by atoms with E-state index in [-0.39, 0.29) is 0 Å². The Morgan fingerprint density at radius 1 is 1.12 bits per heavy atom. The van der Waals surface area contributed by atoms with Crippen LogP contribution in [0.15, 0.2) is 42.6 Å². The van der Waals surface area contributed by atoms with E-state index in [1.165, 1.54) is 23.2 Å². The van der Waals surface area contributed by atoms with E-state index in [9.17, 15) is 0 Å². The van der Waals surface area contributed by atoms with Crippen molar-refractivity contribution >= 4 is 0 Å². The summed E-state index contributed by atoms with van der Waals surface area (Å²) in [6, 6.07) is 13.1. The first-order chi connectivity index (χ1) is 7.79. The zero-order valence-electron chi connectivity index (χ0n) is 10.0. The third-order valence-corrected chi connectivity index (χ3v) is 3.16. The molecule has 0 spiro atoms. The third kappa shape index (κ3) is 2.54. The van der Waals surface area contributed by atoms with Crippen molar-refractivity contribution in [2.75, 3.05) is 0 Å². The minimum Gasteiger partial charge on any atom is -0.365 e. The van der Waals surface area contributed by atoms with Crippen LogP contribution >= 0.6 is 0 Å². The summed E-state index contributed by atoms with van der Waals surface area (Å²) in [5, 5.41) is 0. The maximum absolute atomic E-state index is 3.32. The average molecular weight is 213 g/mol. The van der Waals surface area contributed by atoms with Crippen LogP contribution in [0.5, 0.6) is 0 Å². The van der Waals surface area contributed by atoms with Gasteiger partial charge in [0.1, 0.15) is 0 Å². The molecule has 16 heavy (non-hydrogen) atoms. The Labute approximate surface area is 97.5 Å². The molecule has 0 aliphatic rings. The molecule has 0 fully saturated rings. The number of nitrogens with one attached hydrogen (secondary N) is 1. The SMILES string of the molecule is CCC(Cc1ccc(C)cc1)c1ccc[nH]1. The first-order valence-electron chi connectivity index (χ1n) is 5.98. The highest BCUT2D eigenvalue weighted by atomic mass is 14.7. The number of H-pyrrole nitrogens is 1. The standard InChI is InChI=1S/C15H19N/c1-3-14(15-5-4-10-16-15)11-13-8-6-12(2)7-9-13/h4-10,14,16H,3,11H2,1-2H3. The second-order valence-corrected chi connectivity index (χ2v) is 4.42. The largest absolute Gasteiger partial charge is 0.365 e. The van der Waals surface area contributed by atoms with Crippen LogP contribution in [0.1, 0.15) is 36.1 Å². The van der Waals surface area contributed by atoms with Crippen molar-refractivity contribution in [1.82, 2.24) is 4.98 Å². The maximum atomic E-state index is 3.32. The van der Waals surface area contributed by atoms with E-state index < -0.39 is 0 Å². The topological polar surface area (TPSA) is 15.8 Å². The van der Waals surface area contributed by atoms with Crippen molar-refractivity contribution in [1.29, 1.82) is 0 Å². The summed E-state index contributed by atoms with van der Waals surface area (Å²) in [5.41, 5.74) is 4.10. The molecule has 0 aliphatic heterocycles. The summed E-state index contributed by atoms with van der Waals surface area (Å²) in [6.07, 6.45) is 4.30. The van der Waals surface area contributed by atoms with Gasteiger partial charge in [-0.15, -0.1) is 0 Å². The molecular formula is C15H19N. The zero-order chi connectivity index (χ0) is 11.4. The van der Waals surface area contributed by atoms with E-state index in [1.807, 2.05) is 6.20 Å². The number of benzene rings is 1. The molecule has 0 saturated carbocycles. The average Bonchev–Trinajstić information content (AvgIpc) is 2.82. The molecule has 0 amide bonds. The van der Waals surface area contributed by atoms with Crippen LogP contribution in [-0.2, 0) is 6.42 Å². The Morgan fingerprint density at radius 3 is 2.44 bits per heavy atom. The number of aromatic nitrogens is 1. The molecule has 1 N–H and O–H groups in total. The fourth-order valence-corrected chi connectivity index (χ4v) is 2.08. The number of aryl methyl sites for hydroxylation is 1. The van der Waals surface area contributed by atoms with Crippen LogP contribution in [0.2, 0.25) is 0 Å². The van der Waals surface area contributed by atoms with Crippen molar-refractivity contribution in [3.05, 3.63) is 59.4 Å². The van der Waals surface area contributed by atoms with Gasteiger partial charge in [0.15, 0.2) is 0 Å². The molecule has 84 valence electrons. The number of hydrogen-bond acceptors (Lipinski definition) is 0. The molecule has 0 radical (unpaired) electrons. The second kappa shape index (κ2) is 5.02.